The molecule has 1 aromatic rings. The third-order valence-electron chi connectivity index (χ3n) is 2.93. The third-order valence-corrected chi connectivity index (χ3v) is 2.93. The second-order valence-electron chi connectivity index (χ2n) is 4.64. The van der Waals surface area contributed by atoms with Crippen molar-refractivity contribution in [1.29, 1.82) is 0 Å². The molecule has 3 amide bonds. The number of imide groups is 1. The number of nitro benzene ring substituents is 1. The van der Waals surface area contributed by atoms with E-state index in [4.69, 9.17) is 0 Å². The van der Waals surface area contributed by atoms with Gasteiger partial charge in [-0.3, -0.25) is 25.1 Å². The number of carbonyl (C=O) groups excluding carboxylic acids is 2. The van der Waals surface area contributed by atoms with Gasteiger partial charge in [0.05, 0.1) is 11.5 Å². The van der Waals surface area contributed by atoms with Crippen molar-refractivity contribution in [3.63, 3.8) is 0 Å². The lowest BCUT2D eigenvalue weighted by molar-refractivity contribution is -0.384. The monoisotopic (exact) mass is 308 g/mol. The van der Waals surface area contributed by atoms with Crippen LogP contribution in [0.1, 0.15) is 19.4 Å². The van der Waals surface area contributed by atoms with E-state index in [-0.39, 0.29) is 12.2 Å². The van der Waals surface area contributed by atoms with E-state index in [2.05, 4.69) is 10.6 Å². The highest BCUT2D eigenvalue weighted by Gasteiger charge is 2.13. The summed E-state index contributed by atoms with van der Waals surface area (Å²) < 4.78 is 0. The normalized spacial score (nSPS) is 10.3. The average Bonchev–Trinajstić information content (AvgIpc) is 2.46. The van der Waals surface area contributed by atoms with E-state index < -0.39 is 16.9 Å². The highest BCUT2D eigenvalue weighted by molar-refractivity contribution is 5.95. The molecule has 0 aliphatic rings. The maximum absolute atomic E-state index is 11.7. The number of nitro groups is 1. The van der Waals surface area contributed by atoms with E-state index in [0.29, 0.717) is 19.6 Å². The Morgan fingerprint density at radius 3 is 2.64 bits per heavy atom. The Morgan fingerprint density at radius 2 is 2.05 bits per heavy atom. The number of likely N-dealkylation sites (N-methyl/N-ethyl adjacent to an activating group) is 1. The van der Waals surface area contributed by atoms with Crippen molar-refractivity contribution in [1.82, 2.24) is 15.5 Å². The molecule has 0 heterocycles. The van der Waals surface area contributed by atoms with Crippen LogP contribution in [-0.4, -0.2) is 41.4 Å². The summed E-state index contributed by atoms with van der Waals surface area (Å²) >= 11 is 0. The van der Waals surface area contributed by atoms with Gasteiger partial charge in [0, 0.05) is 25.2 Å². The van der Waals surface area contributed by atoms with Crippen LogP contribution in [0.5, 0.6) is 0 Å². The van der Waals surface area contributed by atoms with Crippen molar-refractivity contribution < 1.29 is 14.5 Å². The molecule has 0 atom stereocenters. The fourth-order valence-electron chi connectivity index (χ4n) is 1.88. The Balaban J connectivity index is 2.61. The molecule has 0 aliphatic heterocycles. The average molecular weight is 308 g/mol. The van der Waals surface area contributed by atoms with Crippen LogP contribution in [0.15, 0.2) is 24.3 Å². The molecule has 0 radical (unpaired) electrons. The quantitative estimate of drug-likeness (QED) is 0.583. The summed E-state index contributed by atoms with van der Waals surface area (Å²) in [5, 5.41) is 15.4. The van der Waals surface area contributed by atoms with Gasteiger partial charge in [-0.2, -0.15) is 0 Å². The van der Waals surface area contributed by atoms with Crippen molar-refractivity contribution in [3.05, 3.63) is 39.9 Å². The summed E-state index contributed by atoms with van der Waals surface area (Å²) in [6.07, 6.45) is 0. The lowest BCUT2D eigenvalue weighted by Gasteiger charge is -2.19. The highest BCUT2D eigenvalue weighted by Crippen LogP contribution is 2.14. The first-order valence-corrected chi connectivity index (χ1v) is 6.99. The summed E-state index contributed by atoms with van der Waals surface area (Å²) in [6.45, 7) is 5.06. The molecule has 0 aliphatic carbocycles. The molecule has 0 aromatic heterocycles. The minimum Gasteiger partial charge on any atom is -0.338 e. The van der Waals surface area contributed by atoms with Crippen LogP contribution in [-0.2, 0) is 11.3 Å². The van der Waals surface area contributed by atoms with E-state index in [9.17, 15) is 19.7 Å². The smallest absolute Gasteiger partial charge is 0.321 e. The highest BCUT2D eigenvalue weighted by atomic mass is 16.6. The van der Waals surface area contributed by atoms with Crippen molar-refractivity contribution in [3.8, 4) is 0 Å². The van der Waals surface area contributed by atoms with E-state index in [1.807, 2.05) is 6.92 Å². The predicted molar refractivity (Wildman–Crippen MR) is 81.3 cm³/mol. The predicted octanol–water partition coefficient (Wildman–Crippen LogP) is 1.26. The molecule has 1 rings (SSSR count). The largest absolute Gasteiger partial charge is 0.338 e. The summed E-state index contributed by atoms with van der Waals surface area (Å²) in [7, 11) is 0. The molecular weight excluding hydrogens is 288 g/mol. The maximum Gasteiger partial charge on any atom is 0.321 e. The van der Waals surface area contributed by atoms with E-state index >= 15 is 0 Å². The molecule has 0 bridgehead atoms. The number of hydrogen-bond acceptors (Lipinski definition) is 5. The van der Waals surface area contributed by atoms with Crippen LogP contribution in [0.25, 0.3) is 0 Å². The Hall–Kier alpha value is -2.48. The maximum atomic E-state index is 11.7. The van der Waals surface area contributed by atoms with Gasteiger partial charge in [-0.15, -0.1) is 0 Å². The number of rotatable bonds is 7. The molecule has 0 fully saturated rings. The van der Waals surface area contributed by atoms with Crippen LogP contribution >= 0.6 is 0 Å². The minimum atomic E-state index is -0.529. The Labute approximate surface area is 128 Å². The number of nitrogens with one attached hydrogen (secondary N) is 2. The molecule has 0 spiro atoms. The van der Waals surface area contributed by atoms with Gasteiger partial charge in [-0.25, -0.2) is 4.79 Å². The fraction of sp³-hybridized carbons (Fsp3) is 0.429. The Bertz CT molecular complexity index is 547. The van der Waals surface area contributed by atoms with Crippen molar-refractivity contribution in [2.24, 2.45) is 0 Å². The van der Waals surface area contributed by atoms with Gasteiger partial charge < -0.3 is 5.32 Å². The standard InChI is InChI=1S/C14H20N4O4/c1-3-15-14(20)16-13(19)10-17(4-2)9-11-6-5-7-12(8-11)18(21)22/h5-8H,3-4,9-10H2,1-2H3,(H2,15,16,19,20). The second-order valence-corrected chi connectivity index (χ2v) is 4.64. The topological polar surface area (TPSA) is 105 Å². The molecule has 0 saturated heterocycles. The van der Waals surface area contributed by atoms with Crippen molar-refractivity contribution in [2.75, 3.05) is 19.6 Å². The van der Waals surface area contributed by atoms with Gasteiger partial charge >= 0.3 is 6.03 Å². The van der Waals surface area contributed by atoms with E-state index in [0.717, 1.165) is 5.56 Å². The summed E-state index contributed by atoms with van der Waals surface area (Å²) in [5.41, 5.74) is 0.752. The van der Waals surface area contributed by atoms with E-state index in [1.165, 1.54) is 12.1 Å². The van der Waals surface area contributed by atoms with Crippen LogP contribution < -0.4 is 10.6 Å². The van der Waals surface area contributed by atoms with Gasteiger partial charge in [0.25, 0.3) is 5.69 Å². The van der Waals surface area contributed by atoms with E-state index in [1.54, 1.807) is 24.0 Å². The fourth-order valence-corrected chi connectivity index (χ4v) is 1.88. The first-order valence-electron chi connectivity index (χ1n) is 6.99. The molecule has 0 unspecified atom stereocenters. The number of carbonyl (C=O) groups is 2. The number of amides is 3. The first-order chi connectivity index (χ1) is 10.5. The number of hydrogen-bond donors (Lipinski definition) is 2. The number of nitrogens with zero attached hydrogens (tertiary/aromatic N) is 2. The van der Waals surface area contributed by atoms with Gasteiger partial charge in [0.2, 0.25) is 5.91 Å². The Morgan fingerprint density at radius 1 is 1.32 bits per heavy atom. The molecule has 120 valence electrons. The summed E-state index contributed by atoms with van der Waals surface area (Å²) in [6, 6.07) is 5.73. The van der Waals surface area contributed by atoms with Crippen LogP contribution in [0.2, 0.25) is 0 Å². The summed E-state index contributed by atoms with van der Waals surface area (Å²) in [4.78, 5) is 35.1. The SMILES string of the molecule is CCNC(=O)NC(=O)CN(CC)Cc1cccc([N+](=O)[O-])c1. The number of urea groups is 1. The molecule has 8 nitrogen and oxygen atoms in total. The van der Waals surface area contributed by atoms with Crippen molar-refractivity contribution in [2.45, 2.75) is 20.4 Å². The lowest BCUT2D eigenvalue weighted by atomic mass is 10.2. The molecule has 0 saturated carbocycles. The van der Waals surface area contributed by atoms with Crippen LogP contribution in [0, 0.1) is 10.1 Å². The number of non-ortho nitro benzene ring substituents is 1. The molecular formula is C14H20N4O4. The van der Waals surface area contributed by atoms with Gasteiger partial charge in [0.15, 0.2) is 0 Å². The zero-order valence-electron chi connectivity index (χ0n) is 12.7. The lowest BCUT2D eigenvalue weighted by Crippen LogP contribution is -2.44. The number of benzene rings is 1. The van der Waals surface area contributed by atoms with Crippen LogP contribution in [0.3, 0.4) is 0 Å². The van der Waals surface area contributed by atoms with Crippen molar-refractivity contribution >= 4 is 17.6 Å². The second kappa shape index (κ2) is 8.73. The van der Waals surface area contributed by atoms with Gasteiger partial charge in [0.1, 0.15) is 0 Å². The minimum absolute atomic E-state index is 0.0142. The summed E-state index contributed by atoms with van der Waals surface area (Å²) in [5.74, 6) is -0.418. The Kier molecular flexibility index (Phi) is 6.97. The van der Waals surface area contributed by atoms with Gasteiger partial charge in [-0.05, 0) is 19.0 Å². The third kappa shape index (κ3) is 5.88. The first kappa shape index (κ1) is 17.6. The zero-order chi connectivity index (χ0) is 16.5. The zero-order valence-corrected chi connectivity index (χ0v) is 12.7. The molecule has 8 heteroatoms. The van der Waals surface area contributed by atoms with Crippen LogP contribution in [0.4, 0.5) is 10.5 Å². The molecule has 22 heavy (non-hydrogen) atoms. The molecule has 1 aromatic carbocycles. The van der Waals surface area contributed by atoms with Gasteiger partial charge in [-0.1, -0.05) is 19.1 Å². The molecule has 2 N–H and O–H groups in total.